The zero-order valence-corrected chi connectivity index (χ0v) is 8.13. The first kappa shape index (κ1) is 8.42. The van der Waals surface area contributed by atoms with E-state index in [4.69, 9.17) is 4.74 Å². The van der Waals surface area contributed by atoms with Crippen molar-refractivity contribution in [3.05, 3.63) is 23.8 Å². The van der Waals surface area contributed by atoms with E-state index in [2.05, 4.69) is 31.3 Å². The highest BCUT2D eigenvalue weighted by atomic mass is 16.5. The monoisotopic (exact) mass is 177 g/mol. The molecule has 1 aliphatic rings. The van der Waals surface area contributed by atoms with E-state index in [1.165, 1.54) is 5.56 Å². The molecule has 0 fully saturated rings. The summed E-state index contributed by atoms with van der Waals surface area (Å²) >= 11 is 0. The van der Waals surface area contributed by atoms with Crippen molar-refractivity contribution in [3.63, 3.8) is 0 Å². The Morgan fingerprint density at radius 2 is 2.38 bits per heavy atom. The van der Waals surface area contributed by atoms with Crippen LogP contribution in [0.1, 0.15) is 18.9 Å². The highest BCUT2D eigenvalue weighted by Crippen LogP contribution is 2.30. The minimum Gasteiger partial charge on any atom is -0.486 e. The Bertz CT molecular complexity index is 309. The molecule has 0 spiro atoms. The maximum absolute atomic E-state index is 5.77. The van der Waals surface area contributed by atoms with E-state index >= 15 is 0 Å². The van der Waals surface area contributed by atoms with Crippen molar-refractivity contribution in [3.8, 4) is 5.75 Å². The average molecular weight is 177 g/mol. The highest BCUT2D eigenvalue weighted by Gasteiger charge is 2.16. The number of fused-ring (bicyclic) bond motifs is 1. The molecule has 0 amide bonds. The largest absolute Gasteiger partial charge is 0.486 e. The fourth-order valence-electron chi connectivity index (χ4n) is 1.56. The van der Waals surface area contributed by atoms with Gasteiger partial charge in [-0.3, -0.25) is 0 Å². The van der Waals surface area contributed by atoms with Crippen molar-refractivity contribution in [1.29, 1.82) is 0 Å². The molecule has 1 heterocycles. The molecule has 0 bridgehead atoms. The number of anilines is 1. The summed E-state index contributed by atoms with van der Waals surface area (Å²) in [5, 5.41) is 3.38. The van der Waals surface area contributed by atoms with Gasteiger partial charge in [0.25, 0.3) is 0 Å². The Kier molecular flexibility index (Phi) is 2.13. The minimum atomic E-state index is 0.329. The number of aryl methyl sites for hydroxylation is 1. The first-order valence-electron chi connectivity index (χ1n) is 4.81. The van der Waals surface area contributed by atoms with Gasteiger partial charge in [-0.1, -0.05) is 13.0 Å². The summed E-state index contributed by atoms with van der Waals surface area (Å²) in [5.74, 6) is 0.990. The van der Waals surface area contributed by atoms with Gasteiger partial charge in [-0.25, -0.2) is 0 Å². The quantitative estimate of drug-likeness (QED) is 0.711. The van der Waals surface area contributed by atoms with Gasteiger partial charge in [-0.05, 0) is 31.0 Å². The van der Waals surface area contributed by atoms with Crippen LogP contribution in [-0.2, 0) is 0 Å². The maximum atomic E-state index is 5.77. The van der Waals surface area contributed by atoms with Crippen molar-refractivity contribution >= 4 is 5.69 Å². The number of hydrogen-bond acceptors (Lipinski definition) is 2. The number of rotatable bonds is 1. The van der Waals surface area contributed by atoms with Gasteiger partial charge in [-0.15, -0.1) is 0 Å². The van der Waals surface area contributed by atoms with Gasteiger partial charge in [0.1, 0.15) is 11.9 Å². The number of benzene rings is 1. The molecule has 0 radical (unpaired) electrons. The van der Waals surface area contributed by atoms with Gasteiger partial charge in [0.05, 0.1) is 12.2 Å². The smallest absolute Gasteiger partial charge is 0.142 e. The summed E-state index contributed by atoms with van der Waals surface area (Å²) in [6, 6.07) is 6.25. The Morgan fingerprint density at radius 1 is 1.54 bits per heavy atom. The molecule has 0 aliphatic carbocycles. The predicted octanol–water partition coefficient (Wildman–Crippen LogP) is 2.58. The molecule has 13 heavy (non-hydrogen) atoms. The van der Waals surface area contributed by atoms with Crippen LogP contribution in [0.2, 0.25) is 0 Å². The molecule has 0 saturated carbocycles. The van der Waals surface area contributed by atoms with Gasteiger partial charge < -0.3 is 10.1 Å². The summed E-state index contributed by atoms with van der Waals surface area (Å²) in [4.78, 5) is 0. The van der Waals surface area contributed by atoms with E-state index in [0.29, 0.717) is 6.10 Å². The number of hydrogen-bond donors (Lipinski definition) is 1. The molecule has 0 saturated heterocycles. The second kappa shape index (κ2) is 3.29. The number of ether oxygens (including phenoxy) is 1. The minimum absolute atomic E-state index is 0.329. The average Bonchev–Trinajstić information content (AvgIpc) is 2.17. The predicted molar refractivity (Wildman–Crippen MR) is 54.4 cm³/mol. The van der Waals surface area contributed by atoms with Gasteiger partial charge in [-0.2, -0.15) is 0 Å². The highest BCUT2D eigenvalue weighted by molar-refractivity contribution is 5.59. The SMILES string of the molecule is CC[C@H]1CNc2cc(C)ccc2O1. The second-order valence-electron chi connectivity index (χ2n) is 3.53. The Morgan fingerprint density at radius 3 is 3.15 bits per heavy atom. The Hall–Kier alpha value is -1.18. The second-order valence-corrected chi connectivity index (χ2v) is 3.53. The third-order valence-corrected chi connectivity index (χ3v) is 2.40. The van der Waals surface area contributed by atoms with Gasteiger partial charge in [0, 0.05) is 0 Å². The van der Waals surface area contributed by atoms with Crippen LogP contribution >= 0.6 is 0 Å². The molecule has 2 nitrogen and oxygen atoms in total. The fraction of sp³-hybridized carbons (Fsp3) is 0.455. The van der Waals surface area contributed by atoms with Crippen LogP contribution in [0.5, 0.6) is 5.75 Å². The van der Waals surface area contributed by atoms with Crippen molar-refractivity contribution in [2.24, 2.45) is 0 Å². The van der Waals surface area contributed by atoms with Crippen molar-refractivity contribution in [2.45, 2.75) is 26.4 Å². The van der Waals surface area contributed by atoms with Crippen LogP contribution in [0, 0.1) is 6.92 Å². The molecular weight excluding hydrogens is 162 g/mol. The molecule has 1 N–H and O–H groups in total. The first-order valence-corrected chi connectivity index (χ1v) is 4.81. The lowest BCUT2D eigenvalue weighted by atomic mass is 10.1. The van der Waals surface area contributed by atoms with E-state index in [-0.39, 0.29) is 0 Å². The van der Waals surface area contributed by atoms with E-state index in [0.717, 1.165) is 24.4 Å². The summed E-state index contributed by atoms with van der Waals surface area (Å²) < 4.78 is 5.77. The third-order valence-electron chi connectivity index (χ3n) is 2.40. The van der Waals surface area contributed by atoms with Crippen molar-refractivity contribution < 1.29 is 4.74 Å². The summed E-state index contributed by atoms with van der Waals surface area (Å²) in [7, 11) is 0. The molecule has 70 valence electrons. The Balaban J connectivity index is 2.26. The molecular formula is C11H15NO. The van der Waals surface area contributed by atoms with Crippen molar-refractivity contribution in [2.75, 3.05) is 11.9 Å². The van der Waals surface area contributed by atoms with Crippen LogP contribution in [0.4, 0.5) is 5.69 Å². The van der Waals surface area contributed by atoms with E-state index in [9.17, 15) is 0 Å². The van der Waals surface area contributed by atoms with Crippen LogP contribution in [0.25, 0.3) is 0 Å². The van der Waals surface area contributed by atoms with Gasteiger partial charge >= 0.3 is 0 Å². The maximum Gasteiger partial charge on any atom is 0.142 e. The van der Waals surface area contributed by atoms with Gasteiger partial charge in [0.15, 0.2) is 0 Å². The molecule has 2 heteroatoms. The van der Waals surface area contributed by atoms with Crippen LogP contribution < -0.4 is 10.1 Å². The zero-order chi connectivity index (χ0) is 9.26. The van der Waals surface area contributed by atoms with E-state index < -0.39 is 0 Å². The molecule has 1 atom stereocenters. The molecule has 1 aromatic carbocycles. The molecule has 1 aliphatic heterocycles. The molecule has 0 unspecified atom stereocenters. The topological polar surface area (TPSA) is 21.3 Å². The first-order chi connectivity index (χ1) is 6.29. The molecule has 1 aromatic rings. The zero-order valence-electron chi connectivity index (χ0n) is 8.13. The van der Waals surface area contributed by atoms with E-state index in [1.54, 1.807) is 0 Å². The lowest BCUT2D eigenvalue weighted by Crippen LogP contribution is -2.29. The fourth-order valence-corrected chi connectivity index (χ4v) is 1.56. The third kappa shape index (κ3) is 1.62. The normalized spacial score (nSPS) is 20.0. The molecule has 2 rings (SSSR count). The van der Waals surface area contributed by atoms with Crippen LogP contribution in [-0.4, -0.2) is 12.6 Å². The number of nitrogens with one attached hydrogen (secondary N) is 1. The van der Waals surface area contributed by atoms with E-state index in [1.807, 2.05) is 6.07 Å². The van der Waals surface area contributed by atoms with Crippen LogP contribution in [0.3, 0.4) is 0 Å². The van der Waals surface area contributed by atoms with Crippen LogP contribution in [0.15, 0.2) is 18.2 Å². The summed E-state index contributed by atoms with van der Waals surface area (Å²) in [5.41, 5.74) is 2.40. The summed E-state index contributed by atoms with van der Waals surface area (Å²) in [6.45, 7) is 5.16. The van der Waals surface area contributed by atoms with Crippen molar-refractivity contribution in [1.82, 2.24) is 0 Å². The van der Waals surface area contributed by atoms with Gasteiger partial charge in [0.2, 0.25) is 0 Å². The lowest BCUT2D eigenvalue weighted by Gasteiger charge is -2.26. The molecule has 0 aromatic heterocycles. The lowest BCUT2D eigenvalue weighted by molar-refractivity contribution is 0.202. The summed E-state index contributed by atoms with van der Waals surface area (Å²) in [6.07, 6.45) is 1.38. The Labute approximate surface area is 78.9 Å². The standard InChI is InChI=1S/C11H15NO/c1-3-9-7-12-10-6-8(2)4-5-11(10)13-9/h4-6,9,12H,3,7H2,1-2H3/t9-/m0/s1.